The number of ether oxygens (including phenoxy) is 1. The van der Waals surface area contributed by atoms with Crippen LogP contribution in [0.1, 0.15) is 26.3 Å². The van der Waals surface area contributed by atoms with E-state index in [1.54, 1.807) is 17.0 Å². The minimum Gasteiger partial charge on any atom is -0.444 e. The van der Waals surface area contributed by atoms with E-state index in [9.17, 15) is 22.8 Å². The monoisotopic (exact) mass is 498 g/mol. The van der Waals surface area contributed by atoms with Crippen LogP contribution in [0.4, 0.5) is 39.8 Å². The molecular weight excluding hydrogens is 473 g/mol. The molecule has 7 nitrogen and oxygen atoms in total. The zero-order valence-corrected chi connectivity index (χ0v) is 19.8. The standard InChI is InChI=1S/C23H26ClF3N4O3/c1-22(2,3)34-21(33)31-12-10-30(11-13-31)17-7-5-16(6-8-17)28-20(32)29-19-14-15(23(25,26)27)4-9-18(19)24/h4-9,14H,10-13H2,1-3H3,(H2,28,29,32). The highest BCUT2D eigenvalue weighted by Gasteiger charge is 2.31. The van der Waals surface area contributed by atoms with Gasteiger partial charge < -0.3 is 25.2 Å². The summed E-state index contributed by atoms with van der Waals surface area (Å²) in [5.41, 5.74) is -0.236. The van der Waals surface area contributed by atoms with Gasteiger partial charge in [0.2, 0.25) is 0 Å². The number of rotatable bonds is 3. The van der Waals surface area contributed by atoms with Crippen LogP contribution in [0.3, 0.4) is 0 Å². The van der Waals surface area contributed by atoms with Crippen molar-refractivity contribution in [1.29, 1.82) is 0 Å². The number of benzene rings is 2. The lowest BCUT2D eigenvalue weighted by Gasteiger charge is -2.36. The molecule has 2 aromatic carbocycles. The van der Waals surface area contributed by atoms with Crippen molar-refractivity contribution in [3.8, 4) is 0 Å². The van der Waals surface area contributed by atoms with E-state index in [2.05, 4.69) is 15.5 Å². The molecule has 3 rings (SSSR count). The van der Waals surface area contributed by atoms with Gasteiger partial charge in [-0.2, -0.15) is 13.2 Å². The van der Waals surface area contributed by atoms with E-state index in [4.69, 9.17) is 16.3 Å². The first-order valence-electron chi connectivity index (χ1n) is 10.6. The lowest BCUT2D eigenvalue weighted by atomic mass is 10.2. The SMILES string of the molecule is CC(C)(C)OC(=O)N1CCN(c2ccc(NC(=O)Nc3cc(C(F)(F)F)ccc3Cl)cc2)CC1. The maximum Gasteiger partial charge on any atom is 0.416 e. The third kappa shape index (κ3) is 6.93. The molecule has 0 spiro atoms. The number of alkyl halides is 3. The third-order valence-corrected chi connectivity index (χ3v) is 5.29. The maximum atomic E-state index is 12.9. The summed E-state index contributed by atoms with van der Waals surface area (Å²) in [6.07, 6.45) is -4.88. The van der Waals surface area contributed by atoms with Crippen molar-refractivity contribution in [3.63, 3.8) is 0 Å². The Hall–Kier alpha value is -3.14. The molecule has 2 N–H and O–H groups in total. The molecule has 1 saturated heterocycles. The van der Waals surface area contributed by atoms with Crippen molar-refractivity contribution >= 4 is 40.8 Å². The van der Waals surface area contributed by atoms with Gasteiger partial charge in [0.15, 0.2) is 0 Å². The minimum atomic E-state index is -4.55. The van der Waals surface area contributed by atoms with E-state index in [0.29, 0.717) is 31.9 Å². The Bertz CT molecular complexity index is 1030. The molecular formula is C23H26ClF3N4O3. The van der Waals surface area contributed by atoms with Crippen molar-refractivity contribution in [2.45, 2.75) is 32.5 Å². The van der Waals surface area contributed by atoms with Crippen LogP contribution in [0.2, 0.25) is 5.02 Å². The van der Waals surface area contributed by atoms with E-state index in [1.807, 2.05) is 32.9 Å². The minimum absolute atomic E-state index is 0.0102. The Morgan fingerprint density at radius 1 is 0.941 bits per heavy atom. The van der Waals surface area contributed by atoms with Crippen LogP contribution in [0.25, 0.3) is 0 Å². The molecule has 1 fully saturated rings. The van der Waals surface area contributed by atoms with Crippen LogP contribution < -0.4 is 15.5 Å². The third-order valence-electron chi connectivity index (χ3n) is 4.96. The molecule has 1 aliphatic heterocycles. The average molecular weight is 499 g/mol. The number of nitrogens with one attached hydrogen (secondary N) is 2. The Kier molecular flexibility index (Phi) is 7.50. The topological polar surface area (TPSA) is 73.9 Å². The van der Waals surface area contributed by atoms with E-state index in [0.717, 1.165) is 23.9 Å². The Morgan fingerprint density at radius 3 is 2.12 bits per heavy atom. The molecule has 1 aliphatic rings. The summed E-state index contributed by atoms with van der Waals surface area (Å²) in [5.74, 6) is 0. The predicted octanol–water partition coefficient (Wildman–Crippen LogP) is 6.06. The van der Waals surface area contributed by atoms with Gasteiger partial charge in [0, 0.05) is 37.6 Å². The molecule has 34 heavy (non-hydrogen) atoms. The first-order chi connectivity index (χ1) is 15.8. The van der Waals surface area contributed by atoms with Crippen molar-refractivity contribution in [2.24, 2.45) is 0 Å². The summed E-state index contributed by atoms with van der Waals surface area (Å²) < 4.78 is 44.1. The number of piperazine rings is 1. The van der Waals surface area contributed by atoms with Crippen molar-refractivity contribution in [2.75, 3.05) is 41.7 Å². The van der Waals surface area contributed by atoms with Gasteiger partial charge in [0.05, 0.1) is 16.3 Å². The lowest BCUT2D eigenvalue weighted by molar-refractivity contribution is -0.137. The number of carbonyl (C=O) groups is 2. The van der Waals surface area contributed by atoms with Crippen molar-refractivity contribution < 1.29 is 27.5 Å². The highest BCUT2D eigenvalue weighted by atomic mass is 35.5. The van der Waals surface area contributed by atoms with E-state index in [1.165, 1.54) is 0 Å². The molecule has 3 amide bonds. The van der Waals surface area contributed by atoms with Gasteiger partial charge in [0.25, 0.3) is 0 Å². The number of nitrogens with zero attached hydrogens (tertiary/aromatic N) is 2. The summed E-state index contributed by atoms with van der Waals surface area (Å²) in [4.78, 5) is 28.2. The molecule has 0 unspecified atom stereocenters. The molecule has 0 bridgehead atoms. The van der Waals surface area contributed by atoms with Gasteiger partial charge in [-0.1, -0.05) is 11.6 Å². The largest absolute Gasteiger partial charge is 0.444 e. The Morgan fingerprint density at radius 2 is 1.56 bits per heavy atom. The fourth-order valence-corrected chi connectivity index (χ4v) is 3.48. The van der Waals surface area contributed by atoms with Crippen LogP contribution in [0, 0.1) is 0 Å². The fourth-order valence-electron chi connectivity index (χ4n) is 3.31. The molecule has 1 heterocycles. The van der Waals surface area contributed by atoms with Gasteiger partial charge >= 0.3 is 18.3 Å². The van der Waals surface area contributed by atoms with Crippen LogP contribution in [0.5, 0.6) is 0 Å². The second kappa shape index (κ2) is 10.0. The summed E-state index contributed by atoms with van der Waals surface area (Å²) in [6, 6.07) is 8.98. The van der Waals surface area contributed by atoms with E-state index < -0.39 is 23.4 Å². The van der Waals surface area contributed by atoms with Crippen molar-refractivity contribution in [3.05, 3.63) is 53.1 Å². The number of urea groups is 1. The molecule has 2 aromatic rings. The predicted molar refractivity (Wildman–Crippen MR) is 126 cm³/mol. The van der Waals surface area contributed by atoms with Gasteiger partial charge in [-0.05, 0) is 63.2 Å². The van der Waals surface area contributed by atoms with E-state index >= 15 is 0 Å². The van der Waals surface area contributed by atoms with E-state index in [-0.39, 0.29) is 16.8 Å². The molecule has 0 aliphatic carbocycles. The van der Waals surface area contributed by atoms with Gasteiger partial charge in [-0.3, -0.25) is 0 Å². The zero-order chi connectivity index (χ0) is 25.1. The Balaban J connectivity index is 1.55. The molecule has 11 heteroatoms. The summed E-state index contributed by atoms with van der Waals surface area (Å²) >= 11 is 5.91. The fraction of sp³-hybridized carbons (Fsp3) is 0.391. The number of carbonyl (C=O) groups excluding carboxylic acids is 2. The van der Waals surface area contributed by atoms with Crippen LogP contribution in [0.15, 0.2) is 42.5 Å². The first kappa shape index (κ1) is 25.5. The second-order valence-electron chi connectivity index (χ2n) is 8.77. The summed E-state index contributed by atoms with van der Waals surface area (Å²) in [6.45, 7) is 7.77. The summed E-state index contributed by atoms with van der Waals surface area (Å²) in [5, 5.41) is 4.90. The number of halogens is 4. The molecule has 0 radical (unpaired) electrons. The highest BCUT2D eigenvalue weighted by Crippen LogP contribution is 2.34. The quantitative estimate of drug-likeness (QED) is 0.539. The second-order valence-corrected chi connectivity index (χ2v) is 9.18. The molecule has 0 saturated carbocycles. The zero-order valence-electron chi connectivity index (χ0n) is 19.0. The van der Waals surface area contributed by atoms with Gasteiger partial charge in [0.1, 0.15) is 5.60 Å². The number of hydrogen-bond acceptors (Lipinski definition) is 4. The van der Waals surface area contributed by atoms with Gasteiger partial charge in [-0.15, -0.1) is 0 Å². The molecule has 0 atom stereocenters. The molecule has 184 valence electrons. The van der Waals surface area contributed by atoms with Crippen LogP contribution >= 0.6 is 11.6 Å². The van der Waals surface area contributed by atoms with Crippen molar-refractivity contribution in [1.82, 2.24) is 4.90 Å². The van der Waals surface area contributed by atoms with Crippen LogP contribution in [-0.2, 0) is 10.9 Å². The smallest absolute Gasteiger partial charge is 0.416 e. The summed E-state index contributed by atoms with van der Waals surface area (Å²) in [7, 11) is 0. The lowest BCUT2D eigenvalue weighted by Crippen LogP contribution is -2.50. The number of hydrogen-bond donors (Lipinski definition) is 2. The maximum absolute atomic E-state index is 12.9. The first-order valence-corrected chi connectivity index (χ1v) is 11.0. The normalized spacial score (nSPS) is 14.6. The molecule has 0 aromatic heterocycles. The number of amides is 3. The highest BCUT2D eigenvalue weighted by molar-refractivity contribution is 6.33. The Labute approximate surface area is 200 Å². The number of anilines is 3. The average Bonchev–Trinajstić information content (AvgIpc) is 2.74. The van der Waals surface area contributed by atoms with Crippen LogP contribution in [-0.4, -0.2) is 48.8 Å². The van der Waals surface area contributed by atoms with Gasteiger partial charge in [-0.25, -0.2) is 9.59 Å².